The summed E-state index contributed by atoms with van der Waals surface area (Å²) in [5.41, 5.74) is 7.13. The Bertz CT molecular complexity index is 1410. The molecule has 3 aliphatic rings. The van der Waals surface area contributed by atoms with Crippen LogP contribution >= 0.6 is 0 Å². The molecule has 3 aromatic heterocycles. The highest BCUT2D eigenvalue weighted by Gasteiger charge is 2.27. The summed E-state index contributed by atoms with van der Waals surface area (Å²) in [4.78, 5) is 45.9. The van der Waals surface area contributed by atoms with Gasteiger partial charge in [-0.15, -0.1) is 0 Å². The number of nitrogens with zero attached hydrogens (tertiary/aromatic N) is 3. The maximum absolute atomic E-state index is 11.2. The van der Waals surface area contributed by atoms with E-state index in [1.807, 2.05) is 12.1 Å². The van der Waals surface area contributed by atoms with Crippen molar-refractivity contribution >= 4 is 35.5 Å². The van der Waals surface area contributed by atoms with Crippen LogP contribution in [0.5, 0.6) is 0 Å². The molecule has 0 saturated carbocycles. The number of pyridine rings is 3. The van der Waals surface area contributed by atoms with Crippen LogP contribution < -0.4 is 21.3 Å². The van der Waals surface area contributed by atoms with E-state index in [0.29, 0.717) is 31.2 Å². The lowest BCUT2D eigenvalue weighted by Gasteiger charge is -2.27. The molecule has 240 valence electrons. The van der Waals surface area contributed by atoms with Crippen molar-refractivity contribution in [3.63, 3.8) is 0 Å². The van der Waals surface area contributed by atoms with Crippen molar-refractivity contribution in [3.05, 3.63) is 70.2 Å². The first-order valence-electron chi connectivity index (χ1n) is 15.2. The lowest BCUT2D eigenvalue weighted by atomic mass is 9.82. The number of urea groups is 1. The Morgan fingerprint density at radius 2 is 1.07 bits per heavy atom. The van der Waals surface area contributed by atoms with Gasteiger partial charge in [0.2, 0.25) is 5.91 Å². The van der Waals surface area contributed by atoms with Crippen LogP contribution in [0.1, 0.15) is 102 Å². The van der Waals surface area contributed by atoms with Crippen LogP contribution in [0, 0.1) is 0 Å². The van der Waals surface area contributed by atoms with E-state index in [-0.39, 0.29) is 28.2 Å². The Hall–Kier alpha value is -4.54. The summed E-state index contributed by atoms with van der Waals surface area (Å²) in [6.07, 6.45) is 6.17. The molecule has 4 amide bonds. The molecule has 0 atom stereocenters. The maximum atomic E-state index is 11.2. The van der Waals surface area contributed by atoms with Crippen molar-refractivity contribution in [2.24, 2.45) is 0 Å². The van der Waals surface area contributed by atoms with Gasteiger partial charge in [0.15, 0.2) is 0 Å². The number of rotatable bonds is 0. The number of ether oxygens (including phenoxy) is 1. The number of amides is 4. The Kier molecular flexibility index (Phi) is 9.51. The number of hydrogen-bond donors (Lipinski definition) is 4. The Morgan fingerprint density at radius 1 is 0.600 bits per heavy atom. The monoisotopic (exact) mass is 615 g/mol. The minimum absolute atomic E-state index is 0.0262. The first kappa shape index (κ1) is 33.4. The van der Waals surface area contributed by atoms with Crippen molar-refractivity contribution in [3.8, 4) is 0 Å². The number of carbonyl (C=O) groups excluding carboxylic acids is 3. The molecule has 0 fully saturated rings. The third-order valence-corrected chi connectivity index (χ3v) is 7.68. The molecular formula is C34H45N7O4. The zero-order valence-corrected chi connectivity index (χ0v) is 27.8. The molecule has 0 aromatic carbocycles. The van der Waals surface area contributed by atoms with Crippen molar-refractivity contribution in [2.45, 2.75) is 105 Å². The van der Waals surface area contributed by atoms with Gasteiger partial charge in [-0.1, -0.05) is 62.3 Å². The van der Waals surface area contributed by atoms with Gasteiger partial charge in [0.1, 0.15) is 24.1 Å². The summed E-state index contributed by atoms with van der Waals surface area (Å²) in [5, 5.41) is 10.9. The molecule has 0 spiro atoms. The molecule has 11 heteroatoms. The largest absolute Gasteiger partial charge is 0.444 e. The molecule has 4 N–H and O–H groups in total. The molecule has 3 aromatic rings. The van der Waals surface area contributed by atoms with Crippen LogP contribution in [-0.2, 0) is 45.3 Å². The normalized spacial score (nSPS) is 15.4. The SMILES string of the molecule is CC(C)(C)c1ccnc2c1CCC(=O)N2.CC(C)(C)c1ccnc2c1CNC(=O)N2.CC(C)(C)c1ccnc2c1COC(=O)N2. The van der Waals surface area contributed by atoms with Crippen LogP contribution in [0.25, 0.3) is 0 Å². The third kappa shape index (κ3) is 8.14. The second-order valence-electron chi connectivity index (χ2n) is 14.4. The highest BCUT2D eigenvalue weighted by molar-refractivity contribution is 5.93. The maximum Gasteiger partial charge on any atom is 0.413 e. The first-order valence-corrected chi connectivity index (χ1v) is 15.2. The topological polar surface area (TPSA) is 147 Å². The minimum atomic E-state index is -0.430. The molecule has 11 nitrogen and oxygen atoms in total. The Balaban J connectivity index is 0.000000154. The average molecular weight is 616 g/mol. The number of carbonyl (C=O) groups is 3. The highest BCUT2D eigenvalue weighted by Crippen LogP contribution is 2.33. The lowest BCUT2D eigenvalue weighted by Crippen LogP contribution is -2.35. The molecule has 45 heavy (non-hydrogen) atoms. The summed E-state index contributed by atoms with van der Waals surface area (Å²) >= 11 is 0. The van der Waals surface area contributed by atoms with Crippen molar-refractivity contribution in [1.29, 1.82) is 0 Å². The fourth-order valence-electron chi connectivity index (χ4n) is 5.51. The van der Waals surface area contributed by atoms with E-state index in [9.17, 15) is 14.4 Å². The molecule has 6 heterocycles. The van der Waals surface area contributed by atoms with Gasteiger partial charge in [0.25, 0.3) is 0 Å². The van der Waals surface area contributed by atoms with Gasteiger partial charge in [0, 0.05) is 42.7 Å². The summed E-state index contributed by atoms with van der Waals surface area (Å²) in [5.74, 6) is 2.13. The van der Waals surface area contributed by atoms with Gasteiger partial charge in [-0.3, -0.25) is 15.4 Å². The van der Waals surface area contributed by atoms with Gasteiger partial charge in [-0.2, -0.15) is 0 Å². The molecular weight excluding hydrogens is 570 g/mol. The Morgan fingerprint density at radius 3 is 1.60 bits per heavy atom. The first-order chi connectivity index (χ1) is 20.9. The zero-order valence-electron chi connectivity index (χ0n) is 27.8. The van der Waals surface area contributed by atoms with Gasteiger partial charge >= 0.3 is 12.1 Å². The van der Waals surface area contributed by atoms with E-state index in [1.54, 1.807) is 18.6 Å². The number of hydrogen-bond acceptors (Lipinski definition) is 7. The quantitative estimate of drug-likeness (QED) is 0.219. The van der Waals surface area contributed by atoms with Gasteiger partial charge in [-0.05, 0) is 63.1 Å². The van der Waals surface area contributed by atoms with Gasteiger partial charge in [0.05, 0.1) is 0 Å². The van der Waals surface area contributed by atoms with Crippen molar-refractivity contribution < 1.29 is 19.1 Å². The minimum Gasteiger partial charge on any atom is -0.444 e. The fourth-order valence-corrected chi connectivity index (χ4v) is 5.51. The summed E-state index contributed by atoms with van der Waals surface area (Å²) in [6.45, 7) is 20.2. The second-order valence-corrected chi connectivity index (χ2v) is 14.4. The number of aromatic nitrogens is 3. The van der Waals surface area contributed by atoms with E-state index in [2.05, 4.69) is 105 Å². The Labute approximate surface area is 265 Å². The summed E-state index contributed by atoms with van der Waals surface area (Å²) in [7, 11) is 0. The highest BCUT2D eigenvalue weighted by atomic mass is 16.5. The van der Waals surface area contributed by atoms with Crippen LogP contribution in [0.15, 0.2) is 36.8 Å². The number of nitrogens with one attached hydrogen (secondary N) is 4. The van der Waals surface area contributed by atoms with E-state index < -0.39 is 6.09 Å². The molecule has 0 bridgehead atoms. The van der Waals surface area contributed by atoms with Gasteiger partial charge in [-0.25, -0.2) is 24.5 Å². The van der Waals surface area contributed by atoms with Crippen molar-refractivity contribution in [2.75, 3.05) is 16.0 Å². The van der Waals surface area contributed by atoms with Crippen LogP contribution in [0.4, 0.5) is 27.0 Å². The van der Waals surface area contributed by atoms with Crippen molar-refractivity contribution in [1.82, 2.24) is 20.3 Å². The lowest BCUT2D eigenvalue weighted by molar-refractivity contribution is -0.116. The molecule has 0 aliphatic carbocycles. The third-order valence-electron chi connectivity index (χ3n) is 7.68. The number of fused-ring (bicyclic) bond motifs is 3. The number of cyclic esters (lactones) is 1. The van der Waals surface area contributed by atoms with E-state index in [1.165, 1.54) is 16.7 Å². The van der Waals surface area contributed by atoms with E-state index in [4.69, 9.17) is 4.74 Å². The van der Waals surface area contributed by atoms with Gasteiger partial charge < -0.3 is 15.4 Å². The molecule has 3 aliphatic heterocycles. The predicted molar refractivity (Wildman–Crippen MR) is 175 cm³/mol. The van der Waals surface area contributed by atoms with E-state index in [0.717, 1.165) is 28.9 Å². The predicted octanol–water partition coefficient (Wildman–Crippen LogP) is 6.72. The molecule has 0 saturated heterocycles. The summed E-state index contributed by atoms with van der Waals surface area (Å²) < 4.78 is 4.95. The fraction of sp³-hybridized carbons (Fsp3) is 0.471. The molecule has 6 rings (SSSR count). The van der Waals surface area contributed by atoms with Crippen LogP contribution in [0.2, 0.25) is 0 Å². The average Bonchev–Trinajstić information content (AvgIpc) is 2.95. The number of anilines is 3. The molecule has 0 radical (unpaired) electrons. The smallest absolute Gasteiger partial charge is 0.413 e. The van der Waals surface area contributed by atoms with Crippen LogP contribution in [0.3, 0.4) is 0 Å². The molecule has 0 unspecified atom stereocenters. The standard InChI is InChI=1S/C12H16N2O.C11H15N3O.C11H14N2O2/c1-12(2,3)9-6-7-13-11-8(9)4-5-10(15)14-11;1-11(2,3)8-4-5-12-9-7(8)6-13-10(15)14-9;1-11(2,3)8-4-5-12-9-7(8)6-15-10(14)13-9/h6-7H,4-5H2,1-3H3,(H,13,14,15);4-5H,6H2,1-3H3,(H2,12,13,14,15);4-5H,6H2,1-3H3,(H,12,13,14). The van der Waals surface area contributed by atoms with E-state index >= 15 is 0 Å². The summed E-state index contributed by atoms with van der Waals surface area (Å²) in [6, 6.07) is 5.86. The van der Waals surface area contributed by atoms with Crippen LogP contribution in [-0.4, -0.2) is 33.0 Å². The second kappa shape index (κ2) is 12.8. The zero-order chi connectivity index (χ0) is 33.2.